The Morgan fingerprint density at radius 2 is 2.25 bits per heavy atom. The smallest absolute Gasteiger partial charge is 0.127 e. The molecular weight excluding hydrogens is 202 g/mol. The van der Waals surface area contributed by atoms with E-state index in [1.807, 2.05) is 33.9 Å². The van der Waals surface area contributed by atoms with Crippen molar-refractivity contribution < 1.29 is 9.21 Å². The van der Waals surface area contributed by atoms with Gasteiger partial charge in [-0.2, -0.15) is 0 Å². The maximum absolute atomic E-state index is 11.0. The predicted octanol–water partition coefficient (Wildman–Crippen LogP) is 2.64. The molecule has 1 heterocycles. The van der Waals surface area contributed by atoms with Gasteiger partial charge in [-0.15, -0.1) is 0 Å². The van der Waals surface area contributed by atoms with Gasteiger partial charge in [-0.25, -0.2) is 0 Å². The zero-order valence-corrected chi connectivity index (χ0v) is 10.6. The molecule has 0 radical (unpaired) electrons. The third kappa shape index (κ3) is 3.20. The molecule has 0 saturated carbocycles. The second-order valence-electron chi connectivity index (χ2n) is 4.80. The summed E-state index contributed by atoms with van der Waals surface area (Å²) >= 11 is 0. The van der Waals surface area contributed by atoms with Crippen molar-refractivity contribution in [2.75, 3.05) is 13.6 Å². The van der Waals surface area contributed by atoms with Crippen molar-refractivity contribution in [3.63, 3.8) is 0 Å². The van der Waals surface area contributed by atoms with E-state index in [0.717, 1.165) is 31.6 Å². The Bertz CT molecular complexity index is 345. The fourth-order valence-electron chi connectivity index (χ4n) is 1.77. The summed E-state index contributed by atoms with van der Waals surface area (Å²) in [5, 5.41) is 0. The van der Waals surface area contributed by atoms with Crippen molar-refractivity contribution in [2.45, 2.75) is 33.7 Å². The minimum atomic E-state index is -0.244. The van der Waals surface area contributed by atoms with Crippen LogP contribution in [0.2, 0.25) is 0 Å². The van der Waals surface area contributed by atoms with Gasteiger partial charge in [0.15, 0.2) is 0 Å². The fourth-order valence-corrected chi connectivity index (χ4v) is 1.77. The van der Waals surface area contributed by atoms with Gasteiger partial charge in [-0.1, -0.05) is 13.8 Å². The molecule has 90 valence electrons. The van der Waals surface area contributed by atoms with Crippen molar-refractivity contribution in [3.05, 3.63) is 23.7 Å². The number of aryl methyl sites for hydroxylation is 1. The zero-order valence-electron chi connectivity index (χ0n) is 10.6. The van der Waals surface area contributed by atoms with Crippen LogP contribution in [0, 0.1) is 12.3 Å². The zero-order chi connectivity index (χ0) is 12.2. The molecule has 0 aliphatic rings. The van der Waals surface area contributed by atoms with Crippen molar-refractivity contribution >= 4 is 6.29 Å². The second-order valence-corrected chi connectivity index (χ2v) is 4.80. The SMILES string of the molecule is CCC(C)(C=O)CN(C)Cc1ccoc1C. The highest BCUT2D eigenvalue weighted by molar-refractivity contribution is 5.58. The van der Waals surface area contributed by atoms with Gasteiger partial charge in [0.05, 0.1) is 6.26 Å². The molecule has 16 heavy (non-hydrogen) atoms. The molecule has 1 rings (SSSR count). The Morgan fingerprint density at radius 3 is 2.69 bits per heavy atom. The van der Waals surface area contributed by atoms with Crippen LogP contribution in [0.15, 0.2) is 16.7 Å². The minimum absolute atomic E-state index is 0.244. The first-order valence-corrected chi connectivity index (χ1v) is 5.68. The van der Waals surface area contributed by atoms with E-state index in [1.165, 1.54) is 5.56 Å². The van der Waals surface area contributed by atoms with Gasteiger partial charge in [-0.05, 0) is 26.5 Å². The van der Waals surface area contributed by atoms with E-state index in [2.05, 4.69) is 4.90 Å². The third-order valence-corrected chi connectivity index (χ3v) is 3.13. The average Bonchev–Trinajstić information content (AvgIpc) is 2.64. The van der Waals surface area contributed by atoms with E-state index in [0.29, 0.717) is 0 Å². The van der Waals surface area contributed by atoms with Crippen molar-refractivity contribution in [1.29, 1.82) is 0 Å². The number of rotatable bonds is 6. The summed E-state index contributed by atoms with van der Waals surface area (Å²) in [5.74, 6) is 0.955. The van der Waals surface area contributed by atoms with E-state index in [1.54, 1.807) is 6.26 Å². The summed E-state index contributed by atoms with van der Waals surface area (Å²) in [4.78, 5) is 13.2. The molecule has 0 aromatic carbocycles. The van der Waals surface area contributed by atoms with E-state index >= 15 is 0 Å². The summed E-state index contributed by atoms with van der Waals surface area (Å²) < 4.78 is 5.25. The van der Waals surface area contributed by atoms with E-state index in [9.17, 15) is 4.79 Å². The van der Waals surface area contributed by atoms with Crippen LogP contribution in [0.25, 0.3) is 0 Å². The average molecular weight is 223 g/mol. The highest BCUT2D eigenvalue weighted by atomic mass is 16.3. The molecular formula is C13H21NO2. The third-order valence-electron chi connectivity index (χ3n) is 3.13. The lowest BCUT2D eigenvalue weighted by Crippen LogP contribution is -2.33. The lowest BCUT2D eigenvalue weighted by atomic mass is 9.89. The van der Waals surface area contributed by atoms with Crippen molar-refractivity contribution in [1.82, 2.24) is 4.90 Å². The molecule has 1 aromatic heterocycles. The van der Waals surface area contributed by atoms with Crippen LogP contribution in [0.3, 0.4) is 0 Å². The molecule has 1 atom stereocenters. The first kappa shape index (κ1) is 13.0. The van der Waals surface area contributed by atoms with Crippen LogP contribution in [0.5, 0.6) is 0 Å². The molecule has 0 saturated heterocycles. The number of hydrogen-bond donors (Lipinski definition) is 0. The van der Waals surface area contributed by atoms with E-state index < -0.39 is 0 Å². The summed E-state index contributed by atoms with van der Waals surface area (Å²) in [6.07, 6.45) is 3.63. The minimum Gasteiger partial charge on any atom is -0.469 e. The van der Waals surface area contributed by atoms with Gasteiger partial charge in [0.1, 0.15) is 12.0 Å². The Morgan fingerprint density at radius 1 is 1.56 bits per heavy atom. The van der Waals surface area contributed by atoms with Crippen LogP contribution in [-0.2, 0) is 11.3 Å². The number of carbonyl (C=O) groups excluding carboxylic acids is 1. The van der Waals surface area contributed by atoms with Gasteiger partial charge in [0, 0.05) is 24.1 Å². The van der Waals surface area contributed by atoms with Crippen LogP contribution in [-0.4, -0.2) is 24.8 Å². The second kappa shape index (κ2) is 5.30. The number of aldehydes is 1. The molecule has 0 aliphatic heterocycles. The normalized spacial score (nSPS) is 15.1. The highest BCUT2D eigenvalue weighted by Gasteiger charge is 2.23. The molecule has 3 nitrogen and oxygen atoms in total. The Balaban J connectivity index is 2.57. The standard InChI is InChI=1S/C13H21NO2/c1-5-13(3,10-15)9-14(4)8-12-6-7-16-11(12)2/h6-7,10H,5,8-9H2,1-4H3. The Kier molecular flexibility index (Phi) is 4.30. The summed E-state index contributed by atoms with van der Waals surface area (Å²) in [5.41, 5.74) is 0.943. The molecule has 0 N–H and O–H groups in total. The summed E-state index contributed by atoms with van der Waals surface area (Å²) in [6, 6.07) is 1.98. The van der Waals surface area contributed by atoms with Gasteiger partial charge < -0.3 is 14.1 Å². The fraction of sp³-hybridized carbons (Fsp3) is 0.615. The first-order chi connectivity index (χ1) is 7.50. The molecule has 1 aromatic rings. The summed E-state index contributed by atoms with van der Waals surface area (Å²) in [7, 11) is 2.03. The van der Waals surface area contributed by atoms with Crippen LogP contribution >= 0.6 is 0 Å². The lowest BCUT2D eigenvalue weighted by Gasteiger charge is -2.27. The molecule has 1 unspecified atom stereocenters. The van der Waals surface area contributed by atoms with Gasteiger partial charge in [0.25, 0.3) is 0 Å². The predicted molar refractivity (Wildman–Crippen MR) is 64.2 cm³/mol. The topological polar surface area (TPSA) is 33.5 Å². The lowest BCUT2D eigenvalue weighted by molar-refractivity contribution is -0.116. The number of carbonyl (C=O) groups is 1. The largest absolute Gasteiger partial charge is 0.469 e. The quantitative estimate of drug-likeness (QED) is 0.695. The number of hydrogen-bond acceptors (Lipinski definition) is 3. The number of furan rings is 1. The van der Waals surface area contributed by atoms with Crippen LogP contribution < -0.4 is 0 Å². The van der Waals surface area contributed by atoms with E-state index in [4.69, 9.17) is 4.42 Å². The Hall–Kier alpha value is -1.09. The monoisotopic (exact) mass is 223 g/mol. The first-order valence-electron chi connectivity index (χ1n) is 5.68. The molecule has 0 aliphatic carbocycles. The van der Waals surface area contributed by atoms with Crippen molar-refractivity contribution in [2.24, 2.45) is 5.41 Å². The van der Waals surface area contributed by atoms with Gasteiger partial charge in [-0.3, -0.25) is 0 Å². The Labute approximate surface area is 97.4 Å². The van der Waals surface area contributed by atoms with Crippen molar-refractivity contribution in [3.8, 4) is 0 Å². The molecule has 0 amide bonds. The van der Waals surface area contributed by atoms with Gasteiger partial charge in [0.2, 0.25) is 0 Å². The molecule has 0 bridgehead atoms. The highest BCUT2D eigenvalue weighted by Crippen LogP contribution is 2.20. The van der Waals surface area contributed by atoms with Gasteiger partial charge >= 0.3 is 0 Å². The molecule has 3 heteroatoms. The van der Waals surface area contributed by atoms with E-state index in [-0.39, 0.29) is 5.41 Å². The van der Waals surface area contributed by atoms with Crippen LogP contribution in [0.1, 0.15) is 31.6 Å². The maximum atomic E-state index is 11.0. The summed E-state index contributed by atoms with van der Waals surface area (Å²) in [6.45, 7) is 7.61. The maximum Gasteiger partial charge on any atom is 0.127 e. The van der Waals surface area contributed by atoms with Crippen LogP contribution in [0.4, 0.5) is 0 Å². The molecule has 0 spiro atoms. The molecule has 0 fully saturated rings. The number of nitrogens with zero attached hydrogens (tertiary/aromatic N) is 1.